The van der Waals surface area contributed by atoms with Crippen molar-refractivity contribution in [3.63, 3.8) is 0 Å². The molecule has 2 rings (SSSR count). The quantitative estimate of drug-likeness (QED) is 0.407. The summed E-state index contributed by atoms with van der Waals surface area (Å²) in [6.07, 6.45) is 2.00. The summed E-state index contributed by atoms with van der Waals surface area (Å²) in [7, 11) is 0. The Balaban J connectivity index is 3.05. The van der Waals surface area contributed by atoms with Gasteiger partial charge in [0.2, 0.25) is 5.52 Å². The second kappa shape index (κ2) is 2.30. The average Bonchev–Trinajstić information content (AvgIpc) is 2.12. The fourth-order valence-corrected chi connectivity index (χ4v) is 0.987. The summed E-state index contributed by atoms with van der Waals surface area (Å²) in [5.74, 6) is 0. The zero-order valence-electron chi connectivity index (χ0n) is 5.97. The molecule has 0 amide bonds. The summed E-state index contributed by atoms with van der Waals surface area (Å²) in [5.41, 5.74) is 0.508. The standard InChI is InChI=1S/C7H4N3O2/c11-9-5-8-10(12)7-4-2-1-3-6(7)9/h1-4H/q-1. The van der Waals surface area contributed by atoms with Crippen LogP contribution in [0.3, 0.4) is 0 Å². The summed E-state index contributed by atoms with van der Waals surface area (Å²) >= 11 is 0. The number of benzene rings is 1. The van der Waals surface area contributed by atoms with Gasteiger partial charge in [-0.3, -0.25) is 0 Å². The van der Waals surface area contributed by atoms with Crippen molar-refractivity contribution in [1.29, 1.82) is 0 Å². The van der Waals surface area contributed by atoms with Gasteiger partial charge >= 0.3 is 0 Å². The number of hydrogen-bond donors (Lipinski definition) is 0. The molecule has 5 nitrogen and oxygen atoms in total. The van der Waals surface area contributed by atoms with Gasteiger partial charge < -0.3 is 9.94 Å². The molecule has 0 aliphatic rings. The molecule has 2 aromatic rings. The number of fused-ring (bicyclic) bond motifs is 1. The van der Waals surface area contributed by atoms with Gasteiger partial charge in [0.15, 0.2) is 4.54 Å². The number of hydrogen-bond acceptors (Lipinski definition) is 3. The lowest BCUT2D eigenvalue weighted by atomic mass is 10.3. The molecule has 1 heterocycles. The van der Waals surface area contributed by atoms with E-state index in [-0.39, 0.29) is 11.0 Å². The molecule has 0 aliphatic carbocycles. The van der Waals surface area contributed by atoms with Gasteiger partial charge in [0.25, 0.3) is 0 Å². The van der Waals surface area contributed by atoms with Gasteiger partial charge in [-0.1, -0.05) is 12.1 Å². The largest absolute Gasteiger partial charge is 0.835 e. The Morgan fingerprint density at radius 2 is 2.25 bits per heavy atom. The molecule has 0 saturated carbocycles. The van der Waals surface area contributed by atoms with Crippen molar-refractivity contribution in [2.75, 3.05) is 0 Å². The third-order valence-corrected chi connectivity index (χ3v) is 1.53. The molecule has 0 spiro atoms. The molecule has 0 radical (unpaired) electrons. The minimum Gasteiger partial charge on any atom is -0.835 e. The molecule has 5 heteroatoms. The van der Waals surface area contributed by atoms with Crippen LogP contribution in [0.15, 0.2) is 24.3 Å². The van der Waals surface area contributed by atoms with E-state index in [2.05, 4.69) is 5.10 Å². The van der Waals surface area contributed by atoms with Gasteiger partial charge in [-0.15, -0.1) is 6.07 Å². The third kappa shape index (κ3) is 0.833. The lowest BCUT2D eigenvalue weighted by Gasteiger charge is -2.18. The molecule has 0 aliphatic heterocycles. The van der Waals surface area contributed by atoms with Gasteiger partial charge in [-0.05, 0) is 10.6 Å². The number of para-hydroxylation sites is 2. The maximum atomic E-state index is 11.0. The fraction of sp³-hybridized carbons (Fsp3) is 0. The molecule has 0 unspecified atom stereocenters. The minimum atomic E-state index is 0.242. The highest BCUT2D eigenvalue weighted by atomic mass is 16.5. The Morgan fingerprint density at radius 1 is 1.50 bits per heavy atom. The first kappa shape index (κ1) is 6.78. The third-order valence-electron chi connectivity index (χ3n) is 1.53. The molecular weight excluding hydrogens is 158 g/mol. The van der Waals surface area contributed by atoms with E-state index in [1.54, 1.807) is 12.1 Å². The van der Waals surface area contributed by atoms with Gasteiger partial charge in [-0.2, -0.15) is 0 Å². The summed E-state index contributed by atoms with van der Waals surface area (Å²) in [6, 6.07) is 6.40. The first-order valence-corrected chi connectivity index (χ1v) is 3.29. The Kier molecular flexibility index (Phi) is 1.30. The highest BCUT2D eigenvalue weighted by molar-refractivity contribution is 5.70. The van der Waals surface area contributed by atoms with Crippen LogP contribution >= 0.6 is 0 Å². The van der Waals surface area contributed by atoms with Crippen molar-refractivity contribution < 1.29 is 4.54 Å². The molecule has 0 fully saturated rings. The van der Waals surface area contributed by atoms with Crippen molar-refractivity contribution in [3.05, 3.63) is 40.7 Å². The van der Waals surface area contributed by atoms with E-state index >= 15 is 0 Å². The van der Waals surface area contributed by atoms with E-state index in [0.717, 1.165) is 0 Å². The fourth-order valence-electron chi connectivity index (χ4n) is 0.987. The summed E-state index contributed by atoms with van der Waals surface area (Å²) < 4.78 is 0.799. The van der Waals surface area contributed by atoms with E-state index in [1.165, 1.54) is 12.1 Å². The second-order valence-electron chi connectivity index (χ2n) is 2.26. The van der Waals surface area contributed by atoms with Gasteiger partial charge in [0.1, 0.15) is 0 Å². The van der Waals surface area contributed by atoms with Crippen molar-refractivity contribution in [3.8, 4) is 0 Å². The molecule has 0 saturated heterocycles. The Labute approximate surface area is 67.1 Å². The molecule has 0 atom stereocenters. The van der Waals surface area contributed by atoms with E-state index in [4.69, 9.17) is 0 Å². The van der Waals surface area contributed by atoms with E-state index in [1.807, 2.05) is 6.33 Å². The van der Waals surface area contributed by atoms with Crippen LogP contribution in [0.2, 0.25) is 0 Å². The van der Waals surface area contributed by atoms with Crippen LogP contribution in [-0.4, -0.2) is 9.83 Å². The average molecular weight is 162 g/mol. The minimum absolute atomic E-state index is 0.242. The van der Waals surface area contributed by atoms with Crippen molar-refractivity contribution in [1.82, 2.24) is 9.83 Å². The van der Waals surface area contributed by atoms with Gasteiger partial charge in [0, 0.05) is 12.4 Å². The Morgan fingerprint density at radius 3 is 3.00 bits per heavy atom. The first-order chi connectivity index (χ1) is 5.79. The van der Waals surface area contributed by atoms with E-state index in [9.17, 15) is 10.1 Å². The molecule has 0 N–H and O–H groups in total. The van der Waals surface area contributed by atoms with E-state index in [0.29, 0.717) is 9.27 Å². The van der Waals surface area contributed by atoms with Gasteiger partial charge in [0.05, 0.1) is 4.91 Å². The first-order valence-electron chi connectivity index (χ1n) is 3.29. The molecular formula is C7H4N3O2-. The SMILES string of the molecule is O=[n+]1n[c-]n([O-])c2ccccc21. The maximum Gasteiger partial charge on any atom is 0.238 e. The van der Waals surface area contributed by atoms with Crippen LogP contribution < -0.4 is 4.54 Å². The van der Waals surface area contributed by atoms with Crippen LogP contribution in [0, 0.1) is 16.4 Å². The number of nitrogens with zero attached hydrogens (tertiary/aromatic N) is 3. The Hall–Kier alpha value is -1.91. The van der Waals surface area contributed by atoms with Crippen LogP contribution in [0.4, 0.5) is 0 Å². The van der Waals surface area contributed by atoms with Crippen molar-refractivity contribution in [2.45, 2.75) is 0 Å². The number of aromatic nitrogens is 3. The molecule has 12 heavy (non-hydrogen) atoms. The van der Waals surface area contributed by atoms with Crippen LogP contribution in [0.1, 0.15) is 0 Å². The molecule has 60 valence electrons. The normalized spacial score (nSPS) is 10.3. The van der Waals surface area contributed by atoms with Crippen LogP contribution in [0.25, 0.3) is 11.0 Å². The topological polar surface area (TPSA) is 63.8 Å². The monoisotopic (exact) mass is 162 g/mol. The molecule has 1 aromatic heterocycles. The Bertz CT molecular complexity index is 477. The smallest absolute Gasteiger partial charge is 0.238 e. The van der Waals surface area contributed by atoms with Gasteiger partial charge in [-0.25, -0.2) is 0 Å². The zero-order chi connectivity index (χ0) is 8.55. The second-order valence-corrected chi connectivity index (χ2v) is 2.26. The molecule has 0 bridgehead atoms. The summed E-state index contributed by atoms with van der Waals surface area (Å²) in [4.78, 5) is 11.0. The van der Waals surface area contributed by atoms with Crippen LogP contribution in [0.5, 0.6) is 0 Å². The van der Waals surface area contributed by atoms with Crippen molar-refractivity contribution >= 4 is 11.0 Å². The summed E-state index contributed by atoms with van der Waals surface area (Å²) in [5, 5.41) is 14.2. The lowest BCUT2D eigenvalue weighted by molar-refractivity contribution is -0.537. The lowest BCUT2D eigenvalue weighted by Crippen LogP contribution is -2.22. The maximum absolute atomic E-state index is 11.0. The zero-order valence-corrected chi connectivity index (χ0v) is 5.97. The van der Waals surface area contributed by atoms with E-state index < -0.39 is 0 Å². The van der Waals surface area contributed by atoms with Crippen molar-refractivity contribution in [2.24, 2.45) is 0 Å². The van der Waals surface area contributed by atoms with Crippen LogP contribution in [-0.2, 0) is 0 Å². The number of rotatable bonds is 0. The highest BCUT2D eigenvalue weighted by Crippen LogP contribution is 2.04. The predicted molar refractivity (Wildman–Crippen MR) is 40.7 cm³/mol. The predicted octanol–water partition coefficient (Wildman–Crippen LogP) is 0.0969. The highest BCUT2D eigenvalue weighted by Gasteiger charge is 1.97. The summed E-state index contributed by atoms with van der Waals surface area (Å²) in [6.45, 7) is 0. The molecule has 1 aromatic carbocycles.